The molecule has 7 heteroatoms. The van der Waals surface area contributed by atoms with Gasteiger partial charge < -0.3 is 10.6 Å². The lowest BCUT2D eigenvalue weighted by atomic mass is 10.2. The van der Waals surface area contributed by atoms with Gasteiger partial charge in [-0.25, -0.2) is 9.97 Å². The van der Waals surface area contributed by atoms with Crippen LogP contribution in [-0.4, -0.2) is 20.9 Å². The van der Waals surface area contributed by atoms with E-state index in [1.54, 1.807) is 30.5 Å². The van der Waals surface area contributed by atoms with Crippen molar-refractivity contribution in [1.29, 1.82) is 0 Å². The van der Waals surface area contributed by atoms with Gasteiger partial charge in [-0.3, -0.25) is 9.78 Å². The number of benzene rings is 1. The van der Waals surface area contributed by atoms with E-state index in [0.29, 0.717) is 28.9 Å². The number of carbonyl (C=O) groups excluding carboxylic acids is 1. The molecule has 26 heavy (non-hydrogen) atoms. The number of carbonyl (C=O) groups is 1. The first kappa shape index (κ1) is 17.8. The normalized spacial score (nSPS) is 10.4. The highest BCUT2D eigenvalue weighted by Gasteiger charge is 2.13. The average Bonchev–Trinajstić information content (AvgIpc) is 2.64. The third kappa shape index (κ3) is 4.34. The number of aryl methyl sites for hydroxylation is 1. The molecule has 3 rings (SSSR count). The molecule has 3 aromatic rings. The summed E-state index contributed by atoms with van der Waals surface area (Å²) in [5.41, 5.74) is 3.29. The molecule has 1 aromatic carbocycles. The summed E-state index contributed by atoms with van der Waals surface area (Å²) in [4.78, 5) is 25.4. The number of hydrogen-bond donors (Lipinski definition) is 2. The van der Waals surface area contributed by atoms with Crippen molar-refractivity contribution in [2.45, 2.75) is 20.4 Å². The van der Waals surface area contributed by atoms with Gasteiger partial charge in [0.2, 0.25) is 5.95 Å². The molecule has 2 N–H and O–H groups in total. The highest BCUT2D eigenvalue weighted by Crippen LogP contribution is 2.23. The molecule has 0 fully saturated rings. The van der Waals surface area contributed by atoms with Crippen molar-refractivity contribution in [3.05, 3.63) is 76.3 Å². The van der Waals surface area contributed by atoms with E-state index in [2.05, 4.69) is 25.6 Å². The standard InChI is InChI=1S/C19H18ClN5O/c1-12-10-17(18(26)24-16-8-5-7-15(20)13(16)2)25-19(23-12)22-11-14-6-3-4-9-21-14/h3-10H,11H2,1-2H3,(H,24,26)(H,22,23,25). The molecule has 0 aliphatic carbocycles. The van der Waals surface area contributed by atoms with Gasteiger partial charge in [-0.05, 0) is 49.7 Å². The van der Waals surface area contributed by atoms with Gasteiger partial charge in [0.05, 0.1) is 12.2 Å². The first-order chi connectivity index (χ1) is 12.5. The smallest absolute Gasteiger partial charge is 0.274 e. The minimum atomic E-state index is -0.318. The molecule has 2 aromatic heterocycles. The summed E-state index contributed by atoms with van der Waals surface area (Å²) >= 11 is 6.10. The third-order valence-electron chi connectivity index (χ3n) is 3.76. The molecule has 2 heterocycles. The number of aromatic nitrogens is 3. The molecule has 1 amide bonds. The number of nitrogens with zero attached hydrogens (tertiary/aromatic N) is 3. The third-order valence-corrected chi connectivity index (χ3v) is 4.17. The Morgan fingerprint density at radius 3 is 2.73 bits per heavy atom. The van der Waals surface area contributed by atoms with Crippen LogP contribution in [0.4, 0.5) is 11.6 Å². The van der Waals surface area contributed by atoms with Crippen LogP contribution in [0.15, 0.2) is 48.7 Å². The number of anilines is 2. The average molecular weight is 368 g/mol. The maximum atomic E-state index is 12.6. The molecule has 0 saturated heterocycles. The Hall–Kier alpha value is -2.99. The first-order valence-electron chi connectivity index (χ1n) is 8.09. The Balaban J connectivity index is 1.76. The Kier molecular flexibility index (Phi) is 5.43. The SMILES string of the molecule is Cc1cc(C(=O)Nc2cccc(Cl)c2C)nc(NCc2ccccn2)n1. The van der Waals surface area contributed by atoms with Gasteiger partial charge in [-0.2, -0.15) is 0 Å². The molecule has 0 radical (unpaired) electrons. The van der Waals surface area contributed by atoms with Crippen molar-refractivity contribution in [2.24, 2.45) is 0 Å². The van der Waals surface area contributed by atoms with Crippen molar-refractivity contribution >= 4 is 29.1 Å². The van der Waals surface area contributed by atoms with Crippen LogP contribution in [0, 0.1) is 13.8 Å². The predicted octanol–water partition coefficient (Wildman–Crippen LogP) is 4.01. The molecule has 0 saturated carbocycles. The summed E-state index contributed by atoms with van der Waals surface area (Å²) < 4.78 is 0. The highest BCUT2D eigenvalue weighted by atomic mass is 35.5. The monoisotopic (exact) mass is 367 g/mol. The maximum absolute atomic E-state index is 12.6. The van der Waals surface area contributed by atoms with Crippen molar-refractivity contribution in [1.82, 2.24) is 15.0 Å². The predicted molar refractivity (Wildman–Crippen MR) is 102 cm³/mol. The highest BCUT2D eigenvalue weighted by molar-refractivity contribution is 6.31. The fraction of sp³-hybridized carbons (Fsp3) is 0.158. The second kappa shape index (κ2) is 7.93. The Morgan fingerprint density at radius 1 is 1.12 bits per heavy atom. The van der Waals surface area contributed by atoms with Gasteiger partial charge in [0.25, 0.3) is 5.91 Å². The lowest BCUT2D eigenvalue weighted by molar-refractivity contribution is 0.102. The molecule has 0 bridgehead atoms. The summed E-state index contributed by atoms with van der Waals surface area (Å²) in [6.07, 6.45) is 1.72. The number of halogens is 1. The fourth-order valence-electron chi connectivity index (χ4n) is 2.37. The second-order valence-electron chi connectivity index (χ2n) is 5.76. The van der Waals surface area contributed by atoms with Gasteiger partial charge in [0, 0.05) is 22.6 Å². The van der Waals surface area contributed by atoms with Gasteiger partial charge >= 0.3 is 0 Å². The zero-order chi connectivity index (χ0) is 18.5. The van der Waals surface area contributed by atoms with E-state index in [1.807, 2.05) is 32.0 Å². The topological polar surface area (TPSA) is 79.8 Å². The Labute approximate surface area is 156 Å². The second-order valence-corrected chi connectivity index (χ2v) is 6.17. The molecule has 0 aliphatic rings. The Bertz CT molecular complexity index is 930. The number of hydrogen-bond acceptors (Lipinski definition) is 5. The largest absolute Gasteiger partial charge is 0.349 e. The van der Waals surface area contributed by atoms with Crippen LogP contribution in [0.3, 0.4) is 0 Å². The number of amides is 1. The van der Waals surface area contributed by atoms with E-state index >= 15 is 0 Å². The lowest BCUT2D eigenvalue weighted by Crippen LogP contribution is -2.17. The maximum Gasteiger partial charge on any atom is 0.274 e. The van der Waals surface area contributed by atoms with Crippen LogP contribution in [0.2, 0.25) is 5.02 Å². The fourth-order valence-corrected chi connectivity index (χ4v) is 2.54. The van der Waals surface area contributed by atoms with Crippen molar-refractivity contribution in [3.63, 3.8) is 0 Å². The summed E-state index contributed by atoms with van der Waals surface area (Å²) in [6.45, 7) is 4.14. The minimum absolute atomic E-state index is 0.278. The number of rotatable bonds is 5. The zero-order valence-electron chi connectivity index (χ0n) is 14.5. The molecule has 132 valence electrons. The van der Waals surface area contributed by atoms with Crippen LogP contribution in [-0.2, 0) is 6.54 Å². The van der Waals surface area contributed by atoms with Crippen LogP contribution < -0.4 is 10.6 Å². The number of pyridine rings is 1. The minimum Gasteiger partial charge on any atom is -0.349 e. The van der Waals surface area contributed by atoms with E-state index in [1.165, 1.54) is 0 Å². The van der Waals surface area contributed by atoms with E-state index in [4.69, 9.17) is 11.6 Å². The van der Waals surface area contributed by atoms with E-state index < -0.39 is 0 Å². The molecular formula is C19H18ClN5O. The molecule has 0 unspecified atom stereocenters. The Morgan fingerprint density at radius 2 is 1.96 bits per heavy atom. The van der Waals surface area contributed by atoms with Crippen LogP contribution in [0.1, 0.15) is 27.4 Å². The van der Waals surface area contributed by atoms with Crippen LogP contribution >= 0.6 is 11.6 Å². The van der Waals surface area contributed by atoms with E-state index in [-0.39, 0.29) is 11.6 Å². The first-order valence-corrected chi connectivity index (χ1v) is 8.46. The van der Waals surface area contributed by atoms with Crippen molar-refractivity contribution in [2.75, 3.05) is 10.6 Å². The van der Waals surface area contributed by atoms with Crippen LogP contribution in [0.25, 0.3) is 0 Å². The van der Waals surface area contributed by atoms with Crippen molar-refractivity contribution < 1.29 is 4.79 Å². The summed E-state index contributed by atoms with van der Waals surface area (Å²) in [6, 6.07) is 12.7. The van der Waals surface area contributed by atoms with Gasteiger partial charge in [0.1, 0.15) is 5.69 Å². The van der Waals surface area contributed by atoms with Crippen LogP contribution in [0.5, 0.6) is 0 Å². The molecule has 0 atom stereocenters. The quantitative estimate of drug-likeness (QED) is 0.712. The van der Waals surface area contributed by atoms with Gasteiger partial charge in [-0.15, -0.1) is 0 Å². The molecule has 0 aliphatic heterocycles. The molecule has 0 spiro atoms. The zero-order valence-corrected chi connectivity index (χ0v) is 15.2. The summed E-state index contributed by atoms with van der Waals surface area (Å²) in [7, 11) is 0. The molecule has 6 nitrogen and oxygen atoms in total. The lowest BCUT2D eigenvalue weighted by Gasteiger charge is -2.11. The van der Waals surface area contributed by atoms with Gasteiger partial charge in [-0.1, -0.05) is 23.7 Å². The van der Waals surface area contributed by atoms with E-state index in [9.17, 15) is 4.79 Å². The van der Waals surface area contributed by atoms with E-state index in [0.717, 1.165) is 11.3 Å². The number of nitrogens with one attached hydrogen (secondary N) is 2. The molecular weight excluding hydrogens is 350 g/mol. The van der Waals surface area contributed by atoms with Crippen molar-refractivity contribution in [3.8, 4) is 0 Å². The summed E-state index contributed by atoms with van der Waals surface area (Å²) in [5, 5.41) is 6.53. The summed E-state index contributed by atoms with van der Waals surface area (Å²) in [5.74, 6) is 0.0605. The van der Waals surface area contributed by atoms with Gasteiger partial charge in [0.15, 0.2) is 0 Å².